The fraction of sp³-hybridized carbons (Fsp3) is 0.333. The number of amides is 1. The summed E-state index contributed by atoms with van der Waals surface area (Å²) < 4.78 is 18.4. The summed E-state index contributed by atoms with van der Waals surface area (Å²) in [5.41, 5.74) is -2.47. The largest absolute Gasteiger partial charge is 0.496 e. The number of hydrogen-bond acceptors (Lipinski definition) is 4. The predicted octanol–water partition coefficient (Wildman–Crippen LogP) is 0.400. The molecule has 0 aliphatic rings. The molecule has 0 heterocycles. The van der Waals surface area contributed by atoms with E-state index in [1.165, 1.54) is 19.2 Å². The predicted molar refractivity (Wildman–Crippen MR) is 63.5 cm³/mol. The molecule has 3 N–H and O–H groups in total. The molecule has 0 aliphatic carbocycles. The molecule has 0 fully saturated rings. The van der Waals surface area contributed by atoms with E-state index in [9.17, 15) is 19.1 Å². The number of nitrogens with one attached hydrogen (secondary N) is 1. The highest BCUT2D eigenvalue weighted by molar-refractivity contribution is 5.97. The van der Waals surface area contributed by atoms with Crippen molar-refractivity contribution in [2.45, 2.75) is 12.5 Å². The van der Waals surface area contributed by atoms with Gasteiger partial charge in [0.2, 0.25) is 0 Å². The minimum Gasteiger partial charge on any atom is -0.496 e. The van der Waals surface area contributed by atoms with Crippen LogP contribution in [0.3, 0.4) is 0 Å². The lowest BCUT2D eigenvalue weighted by Crippen LogP contribution is -2.46. The highest BCUT2D eigenvalue weighted by Crippen LogP contribution is 2.20. The van der Waals surface area contributed by atoms with Crippen LogP contribution in [-0.4, -0.2) is 41.3 Å². The Morgan fingerprint density at radius 3 is 2.63 bits per heavy atom. The third kappa shape index (κ3) is 3.41. The van der Waals surface area contributed by atoms with E-state index < -0.39 is 29.8 Å². The minimum atomic E-state index is -2.13. The van der Waals surface area contributed by atoms with Crippen molar-refractivity contribution in [3.63, 3.8) is 0 Å². The average Bonchev–Trinajstić information content (AvgIpc) is 2.35. The first-order chi connectivity index (χ1) is 8.79. The Morgan fingerprint density at radius 2 is 2.11 bits per heavy atom. The van der Waals surface area contributed by atoms with Crippen molar-refractivity contribution in [2.24, 2.45) is 0 Å². The number of ether oxygens (including phenoxy) is 1. The lowest BCUT2D eigenvalue weighted by molar-refractivity contribution is -0.155. The number of methoxy groups -OCH3 is 1. The van der Waals surface area contributed by atoms with Gasteiger partial charge in [0.1, 0.15) is 17.1 Å². The van der Waals surface area contributed by atoms with E-state index in [-0.39, 0.29) is 11.3 Å². The number of rotatable bonds is 5. The Kier molecular flexibility index (Phi) is 4.44. The van der Waals surface area contributed by atoms with E-state index in [2.05, 4.69) is 5.32 Å². The molecular weight excluding hydrogens is 257 g/mol. The zero-order valence-electron chi connectivity index (χ0n) is 10.4. The molecule has 7 heteroatoms. The van der Waals surface area contributed by atoms with Gasteiger partial charge in [-0.2, -0.15) is 0 Å². The van der Waals surface area contributed by atoms with Crippen LogP contribution in [0.2, 0.25) is 0 Å². The third-order valence-electron chi connectivity index (χ3n) is 2.48. The first-order valence-electron chi connectivity index (χ1n) is 5.36. The van der Waals surface area contributed by atoms with Gasteiger partial charge in [-0.25, -0.2) is 9.18 Å². The van der Waals surface area contributed by atoms with Crippen LogP contribution in [0, 0.1) is 5.82 Å². The van der Waals surface area contributed by atoms with Crippen LogP contribution >= 0.6 is 0 Å². The van der Waals surface area contributed by atoms with E-state index in [0.29, 0.717) is 0 Å². The normalized spacial score (nSPS) is 13.5. The van der Waals surface area contributed by atoms with Crippen molar-refractivity contribution >= 4 is 11.9 Å². The number of carboxylic acids is 1. The maximum absolute atomic E-state index is 13.5. The zero-order valence-corrected chi connectivity index (χ0v) is 10.4. The smallest absolute Gasteiger partial charge is 0.337 e. The van der Waals surface area contributed by atoms with E-state index in [1.807, 2.05) is 0 Å². The topological polar surface area (TPSA) is 95.9 Å². The number of carboxylic acid groups (broad SMARTS) is 1. The molecule has 0 saturated carbocycles. The fourth-order valence-electron chi connectivity index (χ4n) is 1.31. The fourth-order valence-corrected chi connectivity index (χ4v) is 1.31. The van der Waals surface area contributed by atoms with Crippen LogP contribution in [-0.2, 0) is 4.79 Å². The van der Waals surface area contributed by atoms with Gasteiger partial charge in [-0.05, 0) is 19.1 Å². The number of carbonyl (C=O) groups is 2. The molecule has 1 amide bonds. The molecule has 0 radical (unpaired) electrons. The van der Waals surface area contributed by atoms with E-state index in [0.717, 1.165) is 13.0 Å². The number of aliphatic hydroxyl groups is 1. The van der Waals surface area contributed by atoms with Crippen molar-refractivity contribution < 1.29 is 28.9 Å². The van der Waals surface area contributed by atoms with Crippen LogP contribution in [0.1, 0.15) is 17.3 Å². The Bertz CT molecular complexity index is 501. The van der Waals surface area contributed by atoms with Crippen LogP contribution < -0.4 is 10.1 Å². The van der Waals surface area contributed by atoms with Gasteiger partial charge in [0.15, 0.2) is 5.60 Å². The van der Waals surface area contributed by atoms with E-state index in [4.69, 9.17) is 9.84 Å². The first kappa shape index (κ1) is 14.9. The summed E-state index contributed by atoms with van der Waals surface area (Å²) in [7, 11) is 1.28. The van der Waals surface area contributed by atoms with Crippen LogP contribution in [0.15, 0.2) is 18.2 Å². The highest BCUT2D eigenvalue weighted by Gasteiger charge is 2.31. The average molecular weight is 271 g/mol. The molecule has 0 aliphatic heterocycles. The Hall–Kier alpha value is -2.15. The summed E-state index contributed by atoms with van der Waals surface area (Å²) in [6.07, 6.45) is 0. The van der Waals surface area contributed by atoms with Gasteiger partial charge >= 0.3 is 5.97 Å². The molecule has 1 aromatic carbocycles. The molecule has 1 aromatic rings. The molecule has 6 nitrogen and oxygen atoms in total. The summed E-state index contributed by atoms with van der Waals surface area (Å²) >= 11 is 0. The molecule has 0 saturated heterocycles. The van der Waals surface area contributed by atoms with Gasteiger partial charge in [-0.15, -0.1) is 0 Å². The monoisotopic (exact) mass is 271 g/mol. The van der Waals surface area contributed by atoms with Gasteiger partial charge in [0, 0.05) is 0 Å². The molecule has 19 heavy (non-hydrogen) atoms. The summed E-state index contributed by atoms with van der Waals surface area (Å²) in [6.45, 7) is 0.465. The second-order valence-electron chi connectivity index (χ2n) is 4.08. The third-order valence-corrected chi connectivity index (χ3v) is 2.48. The van der Waals surface area contributed by atoms with Crippen molar-refractivity contribution in [1.82, 2.24) is 5.32 Å². The molecule has 0 bridgehead atoms. The Labute approximate surface area is 108 Å². The standard InChI is InChI=1S/C12H14FNO5/c1-12(18,11(16)17)6-14-10(15)9-7(13)4-3-5-8(9)19-2/h3-5,18H,6H2,1-2H3,(H,14,15)(H,16,17). The number of carbonyl (C=O) groups excluding carboxylic acids is 1. The minimum absolute atomic E-state index is 0.0208. The van der Waals surface area contributed by atoms with Crippen molar-refractivity contribution in [3.8, 4) is 5.75 Å². The summed E-state index contributed by atoms with van der Waals surface area (Å²) in [5.74, 6) is -3.14. The molecule has 1 rings (SSSR count). The van der Waals surface area contributed by atoms with Crippen molar-refractivity contribution in [3.05, 3.63) is 29.6 Å². The Balaban J connectivity index is 2.88. The zero-order chi connectivity index (χ0) is 14.6. The number of halogens is 1. The maximum Gasteiger partial charge on any atom is 0.337 e. The SMILES string of the molecule is COc1cccc(F)c1C(=O)NCC(C)(O)C(=O)O. The van der Waals surface area contributed by atoms with Crippen molar-refractivity contribution in [1.29, 1.82) is 0 Å². The second kappa shape index (κ2) is 5.66. The Morgan fingerprint density at radius 1 is 1.47 bits per heavy atom. The number of aliphatic carboxylic acids is 1. The van der Waals surface area contributed by atoms with Gasteiger partial charge in [-0.3, -0.25) is 4.79 Å². The van der Waals surface area contributed by atoms with Gasteiger partial charge in [0.25, 0.3) is 5.91 Å². The van der Waals surface area contributed by atoms with E-state index >= 15 is 0 Å². The summed E-state index contributed by atoms with van der Waals surface area (Å²) in [4.78, 5) is 22.4. The summed E-state index contributed by atoms with van der Waals surface area (Å²) in [6, 6.07) is 3.85. The molecule has 0 spiro atoms. The quantitative estimate of drug-likeness (QED) is 0.720. The molecule has 104 valence electrons. The van der Waals surface area contributed by atoms with Gasteiger partial charge < -0.3 is 20.3 Å². The number of benzene rings is 1. The molecule has 0 aromatic heterocycles. The summed E-state index contributed by atoms with van der Waals surface area (Å²) in [5, 5.41) is 20.3. The second-order valence-corrected chi connectivity index (χ2v) is 4.08. The first-order valence-corrected chi connectivity index (χ1v) is 5.36. The van der Waals surface area contributed by atoms with Crippen LogP contribution in [0.25, 0.3) is 0 Å². The van der Waals surface area contributed by atoms with Gasteiger partial charge in [0.05, 0.1) is 13.7 Å². The van der Waals surface area contributed by atoms with Gasteiger partial charge in [-0.1, -0.05) is 6.07 Å². The number of hydrogen-bond donors (Lipinski definition) is 3. The van der Waals surface area contributed by atoms with Crippen molar-refractivity contribution in [2.75, 3.05) is 13.7 Å². The van der Waals surface area contributed by atoms with E-state index in [1.54, 1.807) is 0 Å². The molecule has 1 atom stereocenters. The molecular formula is C12H14FNO5. The van der Waals surface area contributed by atoms with Crippen LogP contribution in [0.5, 0.6) is 5.75 Å². The lowest BCUT2D eigenvalue weighted by Gasteiger charge is -2.18. The molecule has 1 unspecified atom stereocenters. The lowest BCUT2D eigenvalue weighted by atomic mass is 10.1. The van der Waals surface area contributed by atoms with Crippen LogP contribution in [0.4, 0.5) is 4.39 Å². The highest BCUT2D eigenvalue weighted by atomic mass is 19.1. The maximum atomic E-state index is 13.5.